The van der Waals surface area contributed by atoms with E-state index in [0.29, 0.717) is 19.3 Å². The van der Waals surface area contributed by atoms with E-state index in [9.17, 15) is 34.5 Å². The highest BCUT2D eigenvalue weighted by atomic mass is 16.7. The maximum absolute atomic E-state index is 13.2. The smallest absolute Gasteiger partial charge is 0.335 e. The number of hydrogen-bond acceptors (Lipinski definition) is 11. The van der Waals surface area contributed by atoms with Crippen molar-refractivity contribution in [2.24, 2.45) is 0 Å². The number of aliphatic carboxylic acids is 1. The average Bonchev–Trinajstić information content (AvgIpc) is 3.47. The second-order valence-corrected chi connectivity index (χ2v) is 20.9. The first-order valence-electron chi connectivity index (χ1n) is 31.2. The molecule has 1 saturated heterocycles. The van der Waals surface area contributed by atoms with Crippen molar-refractivity contribution in [2.45, 2.75) is 289 Å². The van der Waals surface area contributed by atoms with E-state index >= 15 is 0 Å². The molecule has 0 aromatic carbocycles. The number of hydrogen-bond donors (Lipinski definition) is 3. The fourth-order valence-corrected chi connectivity index (χ4v) is 8.84. The summed E-state index contributed by atoms with van der Waals surface area (Å²) in [5.41, 5.74) is 0. The van der Waals surface area contributed by atoms with Crippen LogP contribution in [-0.4, -0.2) is 89.2 Å². The third-order valence-electron chi connectivity index (χ3n) is 13.6. The zero-order chi connectivity index (χ0) is 57.5. The molecule has 6 atom stereocenters. The standard InChI is InChI=1S/C67H110O12/c1-4-7-10-13-16-19-22-25-27-29-30-32-33-36-38-41-44-47-50-53-59(68)75-56-58(77-60(69)54-51-48-45-42-39-35-24-21-18-15-12-9-6-3)57-76-67-65(63(72)62(71)64(79-67)66(73)74)78-61(70)55-52-49-46-43-40-37-34-31-28-26-23-20-17-14-11-8-5-2/h7,10,12,15-16,19,21,24-28,30,32,36,38,58,62-65,67,71-72H,4-6,8-9,11,13-14,17-18,20,22-23,29,31,33-35,37,39-57H2,1-3H3,(H,73,74)/b10-7-,15-12-,19-16-,24-21-,27-25-,28-26-,32-30-,38-36-. The molecule has 1 aliphatic rings. The van der Waals surface area contributed by atoms with Crippen LogP contribution in [0.25, 0.3) is 0 Å². The lowest BCUT2D eigenvalue weighted by Gasteiger charge is -2.40. The zero-order valence-corrected chi connectivity index (χ0v) is 49.6. The summed E-state index contributed by atoms with van der Waals surface area (Å²) in [4.78, 5) is 51.2. The second kappa shape index (κ2) is 54.2. The van der Waals surface area contributed by atoms with Gasteiger partial charge in [-0.25, -0.2) is 4.79 Å². The number of carboxylic acid groups (broad SMARTS) is 1. The average molecular weight is 1110 g/mol. The molecule has 1 rings (SSSR count). The third kappa shape index (κ3) is 44.0. The fraction of sp³-hybridized carbons (Fsp3) is 0.701. The molecular weight excluding hydrogens is 997 g/mol. The number of ether oxygens (including phenoxy) is 5. The van der Waals surface area contributed by atoms with Gasteiger partial charge in [-0.15, -0.1) is 0 Å². The summed E-state index contributed by atoms with van der Waals surface area (Å²) in [6, 6.07) is 0. The van der Waals surface area contributed by atoms with Gasteiger partial charge in [-0.2, -0.15) is 0 Å². The molecule has 0 aromatic rings. The molecule has 12 nitrogen and oxygen atoms in total. The van der Waals surface area contributed by atoms with E-state index in [4.69, 9.17) is 23.7 Å². The van der Waals surface area contributed by atoms with Crippen molar-refractivity contribution in [1.29, 1.82) is 0 Å². The van der Waals surface area contributed by atoms with Crippen LogP contribution in [0.15, 0.2) is 97.2 Å². The number of rotatable bonds is 52. The molecule has 3 N–H and O–H groups in total. The zero-order valence-electron chi connectivity index (χ0n) is 49.6. The number of unbranched alkanes of at least 4 members (excludes halogenated alkanes) is 22. The van der Waals surface area contributed by atoms with Crippen molar-refractivity contribution in [2.75, 3.05) is 13.2 Å². The van der Waals surface area contributed by atoms with Gasteiger partial charge in [0.25, 0.3) is 0 Å². The van der Waals surface area contributed by atoms with Gasteiger partial charge >= 0.3 is 23.9 Å². The molecule has 450 valence electrons. The molecule has 0 amide bonds. The molecule has 0 aromatic heterocycles. The Bertz CT molecular complexity index is 1740. The fourth-order valence-electron chi connectivity index (χ4n) is 8.84. The minimum absolute atomic E-state index is 0.0470. The van der Waals surface area contributed by atoms with Crippen molar-refractivity contribution < 1.29 is 58.2 Å². The lowest BCUT2D eigenvalue weighted by atomic mass is 9.98. The van der Waals surface area contributed by atoms with Crippen LogP contribution in [0.3, 0.4) is 0 Å². The van der Waals surface area contributed by atoms with E-state index < -0.39 is 67.3 Å². The molecule has 12 heteroatoms. The molecule has 6 unspecified atom stereocenters. The lowest BCUT2D eigenvalue weighted by molar-refractivity contribution is -0.301. The molecule has 0 spiro atoms. The van der Waals surface area contributed by atoms with Crippen molar-refractivity contribution >= 4 is 23.9 Å². The highest BCUT2D eigenvalue weighted by Gasteiger charge is 2.50. The van der Waals surface area contributed by atoms with E-state index in [0.717, 1.165) is 141 Å². The van der Waals surface area contributed by atoms with E-state index in [1.165, 1.54) is 51.4 Å². The minimum Gasteiger partial charge on any atom is -0.479 e. The predicted octanol–water partition coefficient (Wildman–Crippen LogP) is 16.5. The summed E-state index contributed by atoms with van der Waals surface area (Å²) in [5, 5.41) is 31.5. The summed E-state index contributed by atoms with van der Waals surface area (Å²) in [5.74, 6) is -3.19. The van der Waals surface area contributed by atoms with Crippen LogP contribution in [0.1, 0.15) is 252 Å². The highest BCUT2D eigenvalue weighted by Crippen LogP contribution is 2.26. The van der Waals surface area contributed by atoms with Gasteiger partial charge in [0.15, 0.2) is 24.6 Å². The van der Waals surface area contributed by atoms with Crippen molar-refractivity contribution in [3.8, 4) is 0 Å². The Morgan fingerprint density at radius 1 is 0.430 bits per heavy atom. The van der Waals surface area contributed by atoms with E-state index in [1.54, 1.807) is 0 Å². The largest absolute Gasteiger partial charge is 0.479 e. The van der Waals surface area contributed by atoms with E-state index in [1.807, 2.05) is 0 Å². The predicted molar refractivity (Wildman–Crippen MR) is 321 cm³/mol. The SMILES string of the molecule is CC/C=C\C/C=C\C/C=C\C/C=C\C/C=C\CCCCCC(=O)OCC(COC1OC(C(=O)O)C(O)C(O)C1OC(=O)CCCCCCCCC/C=C\CCCCCCCC)OC(=O)CCCCCCC/C=C\C/C=C\CCC. The van der Waals surface area contributed by atoms with Crippen LogP contribution >= 0.6 is 0 Å². The van der Waals surface area contributed by atoms with Crippen LogP contribution in [0.4, 0.5) is 0 Å². The van der Waals surface area contributed by atoms with Gasteiger partial charge in [-0.3, -0.25) is 14.4 Å². The number of aliphatic hydroxyl groups is 2. The molecule has 0 saturated carbocycles. The number of carbonyl (C=O) groups is 4. The van der Waals surface area contributed by atoms with E-state index in [2.05, 4.69) is 118 Å². The maximum Gasteiger partial charge on any atom is 0.335 e. The van der Waals surface area contributed by atoms with Gasteiger partial charge in [-0.05, 0) is 116 Å². The molecule has 79 heavy (non-hydrogen) atoms. The van der Waals surface area contributed by atoms with Crippen LogP contribution < -0.4 is 0 Å². The van der Waals surface area contributed by atoms with Crippen LogP contribution in [0, 0.1) is 0 Å². The van der Waals surface area contributed by atoms with Gasteiger partial charge in [0, 0.05) is 19.3 Å². The summed E-state index contributed by atoms with van der Waals surface area (Å²) in [6.45, 7) is 5.78. The van der Waals surface area contributed by atoms with Gasteiger partial charge in [0.2, 0.25) is 0 Å². The first-order chi connectivity index (χ1) is 38.6. The number of esters is 3. The number of allylic oxidation sites excluding steroid dienone is 16. The van der Waals surface area contributed by atoms with Crippen molar-refractivity contribution in [1.82, 2.24) is 0 Å². The summed E-state index contributed by atoms with van der Waals surface area (Å²) in [6.07, 6.45) is 59.4. The maximum atomic E-state index is 13.2. The topological polar surface area (TPSA) is 175 Å². The number of carbonyl (C=O) groups excluding carboxylic acids is 3. The summed E-state index contributed by atoms with van der Waals surface area (Å²) >= 11 is 0. The first-order valence-corrected chi connectivity index (χ1v) is 31.2. The Kier molecular flexibility index (Phi) is 49.9. The monoisotopic (exact) mass is 1110 g/mol. The molecule has 1 aliphatic heterocycles. The summed E-state index contributed by atoms with van der Waals surface area (Å²) in [7, 11) is 0. The molecule has 1 fully saturated rings. The van der Waals surface area contributed by atoms with Gasteiger partial charge in [-0.1, -0.05) is 214 Å². The lowest BCUT2D eigenvalue weighted by Crippen LogP contribution is -2.61. The molecular formula is C67H110O12. The minimum atomic E-state index is -1.91. The molecule has 0 aliphatic carbocycles. The molecule has 1 heterocycles. The molecule has 0 bridgehead atoms. The van der Waals surface area contributed by atoms with Crippen LogP contribution in [-0.2, 0) is 42.9 Å². The van der Waals surface area contributed by atoms with Gasteiger partial charge < -0.3 is 39.0 Å². The third-order valence-corrected chi connectivity index (χ3v) is 13.6. The normalized spacial score (nSPS) is 18.5. The van der Waals surface area contributed by atoms with Crippen LogP contribution in [0.2, 0.25) is 0 Å². The Balaban J connectivity index is 2.69. The Morgan fingerprint density at radius 2 is 0.823 bits per heavy atom. The Labute approximate surface area is 479 Å². The number of carboxylic acids is 1. The van der Waals surface area contributed by atoms with Gasteiger partial charge in [0.05, 0.1) is 6.61 Å². The van der Waals surface area contributed by atoms with Crippen LogP contribution in [0.5, 0.6) is 0 Å². The quantitative estimate of drug-likeness (QED) is 0.0228. The Hall–Kier alpha value is -4.36. The van der Waals surface area contributed by atoms with Crippen molar-refractivity contribution in [3.63, 3.8) is 0 Å². The number of aliphatic hydroxyl groups excluding tert-OH is 2. The highest BCUT2D eigenvalue weighted by molar-refractivity contribution is 5.74. The van der Waals surface area contributed by atoms with E-state index in [-0.39, 0.29) is 25.9 Å². The molecule has 0 radical (unpaired) electrons. The van der Waals surface area contributed by atoms with Gasteiger partial charge in [0.1, 0.15) is 18.8 Å². The van der Waals surface area contributed by atoms with Crippen molar-refractivity contribution in [3.05, 3.63) is 97.2 Å². The first kappa shape index (κ1) is 72.7. The summed E-state index contributed by atoms with van der Waals surface area (Å²) < 4.78 is 28.4. The second-order valence-electron chi connectivity index (χ2n) is 20.9. The Morgan fingerprint density at radius 3 is 1.29 bits per heavy atom.